The van der Waals surface area contributed by atoms with Crippen LogP contribution in [0.15, 0.2) is 4.90 Å². The molecule has 27 heavy (non-hydrogen) atoms. The molecule has 1 saturated carbocycles. The van der Waals surface area contributed by atoms with Crippen molar-refractivity contribution in [1.82, 2.24) is 15.0 Å². The Morgan fingerprint density at radius 1 is 1.15 bits per heavy atom. The van der Waals surface area contributed by atoms with Crippen molar-refractivity contribution in [1.29, 1.82) is 0 Å². The lowest BCUT2D eigenvalue weighted by molar-refractivity contribution is -0.120. The molecule has 1 amide bonds. The summed E-state index contributed by atoms with van der Waals surface area (Å²) in [4.78, 5) is 27.0. The average Bonchev–Trinajstić information content (AvgIpc) is 2.90. The Balaban J connectivity index is 2.06. The van der Waals surface area contributed by atoms with Crippen LogP contribution < -0.4 is 10.0 Å². The molecule has 1 heterocycles. The summed E-state index contributed by atoms with van der Waals surface area (Å²) in [5.41, 5.74) is 0.709. The molecule has 1 aromatic rings. The number of carbonyl (C=O) groups excluding carboxylic acids is 2. The lowest BCUT2D eigenvalue weighted by atomic mass is 9.87. The number of carbonyl (C=O) groups is 2. The van der Waals surface area contributed by atoms with E-state index in [0.717, 1.165) is 25.7 Å². The molecule has 3 N–H and O–H groups in total. The molecule has 1 fully saturated rings. The Labute approximate surface area is 160 Å². The van der Waals surface area contributed by atoms with E-state index in [1.165, 1.54) is 0 Å². The standard InChI is InChI=1S/C18H29N3O5S/c1-5-26-18(23)16-12(3)20-13(4)17(16)27(24,25)19-10-15(22)21-14-8-6-11(2)7-9-14/h11,14,19-20H,5-10H2,1-4H3,(H,21,22). The van der Waals surface area contributed by atoms with E-state index in [9.17, 15) is 18.0 Å². The highest BCUT2D eigenvalue weighted by molar-refractivity contribution is 7.89. The second-order valence-corrected chi connectivity index (χ2v) is 8.85. The number of hydrogen-bond acceptors (Lipinski definition) is 5. The van der Waals surface area contributed by atoms with Crippen molar-refractivity contribution in [2.24, 2.45) is 5.92 Å². The zero-order valence-electron chi connectivity index (χ0n) is 16.3. The highest BCUT2D eigenvalue weighted by atomic mass is 32.2. The van der Waals surface area contributed by atoms with Gasteiger partial charge >= 0.3 is 5.97 Å². The lowest BCUT2D eigenvalue weighted by Gasteiger charge is -2.26. The van der Waals surface area contributed by atoms with Crippen LogP contribution in [0.1, 0.15) is 61.3 Å². The molecule has 0 aromatic carbocycles. The lowest BCUT2D eigenvalue weighted by Crippen LogP contribution is -2.43. The van der Waals surface area contributed by atoms with Gasteiger partial charge in [-0.3, -0.25) is 4.79 Å². The normalized spacial score (nSPS) is 20.3. The largest absolute Gasteiger partial charge is 0.462 e. The van der Waals surface area contributed by atoms with Gasteiger partial charge in [0.15, 0.2) is 0 Å². The molecule has 0 radical (unpaired) electrons. The van der Waals surface area contributed by atoms with Crippen LogP contribution in [0.5, 0.6) is 0 Å². The molecule has 2 rings (SSSR count). The van der Waals surface area contributed by atoms with Crippen molar-refractivity contribution in [2.75, 3.05) is 13.2 Å². The van der Waals surface area contributed by atoms with Crippen molar-refractivity contribution < 1.29 is 22.7 Å². The van der Waals surface area contributed by atoms with Gasteiger partial charge in [-0.05, 0) is 52.4 Å². The minimum absolute atomic E-state index is 0.0245. The monoisotopic (exact) mass is 399 g/mol. The van der Waals surface area contributed by atoms with Crippen LogP contribution in [-0.4, -0.2) is 44.5 Å². The number of aryl methyl sites for hydroxylation is 2. The molecule has 1 aromatic heterocycles. The summed E-state index contributed by atoms with van der Waals surface area (Å²) in [6.45, 7) is 6.77. The SMILES string of the molecule is CCOC(=O)c1c(C)[nH]c(C)c1S(=O)(=O)NCC(=O)NC1CCC(C)CC1. The minimum Gasteiger partial charge on any atom is -0.462 e. The second-order valence-electron chi connectivity index (χ2n) is 7.15. The van der Waals surface area contributed by atoms with Crippen molar-refractivity contribution in [3.05, 3.63) is 17.0 Å². The zero-order valence-corrected chi connectivity index (χ0v) is 17.2. The molecule has 8 nitrogen and oxygen atoms in total. The fourth-order valence-corrected chi connectivity index (χ4v) is 4.88. The molecule has 0 spiro atoms. The summed E-state index contributed by atoms with van der Waals surface area (Å²) in [6, 6.07) is 0.0875. The van der Waals surface area contributed by atoms with Crippen LogP contribution >= 0.6 is 0 Å². The average molecular weight is 400 g/mol. The van der Waals surface area contributed by atoms with Gasteiger partial charge in [0.2, 0.25) is 15.9 Å². The van der Waals surface area contributed by atoms with Crippen LogP contribution in [-0.2, 0) is 19.6 Å². The van der Waals surface area contributed by atoms with E-state index in [-0.39, 0.29) is 35.6 Å². The molecule has 0 unspecified atom stereocenters. The maximum atomic E-state index is 12.7. The number of H-pyrrole nitrogens is 1. The van der Waals surface area contributed by atoms with E-state index < -0.39 is 16.0 Å². The molecule has 9 heteroatoms. The van der Waals surface area contributed by atoms with Crippen molar-refractivity contribution in [3.63, 3.8) is 0 Å². The fraction of sp³-hybridized carbons (Fsp3) is 0.667. The number of sulfonamides is 1. The molecule has 0 saturated heterocycles. The molecule has 1 aliphatic carbocycles. The van der Waals surface area contributed by atoms with Crippen LogP contribution in [0.2, 0.25) is 0 Å². The first-order valence-corrected chi connectivity index (χ1v) is 10.8. The summed E-state index contributed by atoms with van der Waals surface area (Å²) in [7, 11) is -4.05. The maximum absolute atomic E-state index is 12.7. The smallest absolute Gasteiger partial charge is 0.341 e. The van der Waals surface area contributed by atoms with Gasteiger partial charge in [-0.2, -0.15) is 0 Å². The summed E-state index contributed by atoms with van der Waals surface area (Å²) in [6.07, 6.45) is 3.92. The van der Waals surface area contributed by atoms with Gasteiger partial charge in [0, 0.05) is 17.4 Å². The first kappa shape index (κ1) is 21.4. The first-order valence-electron chi connectivity index (χ1n) is 9.31. The summed E-state index contributed by atoms with van der Waals surface area (Å²) in [5.74, 6) is -0.418. The molecule has 0 aliphatic heterocycles. The quantitative estimate of drug-likeness (QED) is 0.604. The summed E-state index contributed by atoms with van der Waals surface area (Å²) in [5, 5.41) is 2.88. The van der Waals surface area contributed by atoms with Crippen LogP contribution in [0.25, 0.3) is 0 Å². The number of aromatic amines is 1. The topological polar surface area (TPSA) is 117 Å². The van der Waals surface area contributed by atoms with E-state index in [4.69, 9.17) is 4.74 Å². The molecule has 1 aliphatic rings. The third kappa shape index (κ3) is 5.32. The Morgan fingerprint density at radius 3 is 2.37 bits per heavy atom. The molecule has 0 bridgehead atoms. The maximum Gasteiger partial charge on any atom is 0.341 e. The Kier molecular flexibility index (Phi) is 7.05. The molecular weight excluding hydrogens is 370 g/mol. The van der Waals surface area contributed by atoms with Gasteiger partial charge in [0.05, 0.1) is 13.2 Å². The van der Waals surface area contributed by atoms with E-state index in [1.807, 2.05) is 0 Å². The highest BCUT2D eigenvalue weighted by Gasteiger charge is 2.30. The highest BCUT2D eigenvalue weighted by Crippen LogP contribution is 2.25. The number of aromatic nitrogens is 1. The number of nitrogens with one attached hydrogen (secondary N) is 3. The molecular formula is C18H29N3O5S. The minimum atomic E-state index is -4.05. The number of ether oxygens (including phenoxy) is 1. The summed E-state index contributed by atoms with van der Waals surface area (Å²) >= 11 is 0. The van der Waals surface area contributed by atoms with Crippen molar-refractivity contribution in [2.45, 2.75) is 64.3 Å². The van der Waals surface area contributed by atoms with E-state index in [2.05, 4.69) is 21.9 Å². The Bertz CT molecular complexity index is 792. The van der Waals surface area contributed by atoms with Gasteiger partial charge in [-0.1, -0.05) is 6.92 Å². The van der Waals surface area contributed by atoms with E-state index >= 15 is 0 Å². The number of hydrogen-bond donors (Lipinski definition) is 3. The predicted octanol–water partition coefficient (Wildman–Crippen LogP) is 1.78. The van der Waals surface area contributed by atoms with Crippen molar-refractivity contribution >= 4 is 21.9 Å². The number of amides is 1. The fourth-order valence-electron chi connectivity index (χ4n) is 3.46. The number of esters is 1. The Hall–Kier alpha value is -1.87. The summed E-state index contributed by atoms with van der Waals surface area (Å²) < 4.78 is 32.7. The zero-order chi connectivity index (χ0) is 20.2. The molecule has 152 valence electrons. The van der Waals surface area contributed by atoms with Gasteiger partial charge in [0.1, 0.15) is 10.5 Å². The van der Waals surface area contributed by atoms with Gasteiger partial charge in [-0.25, -0.2) is 17.9 Å². The van der Waals surface area contributed by atoms with Crippen molar-refractivity contribution in [3.8, 4) is 0 Å². The third-order valence-corrected chi connectivity index (χ3v) is 6.44. The predicted molar refractivity (Wildman–Crippen MR) is 101 cm³/mol. The third-order valence-electron chi connectivity index (χ3n) is 4.87. The van der Waals surface area contributed by atoms with Gasteiger partial charge in [0.25, 0.3) is 0 Å². The van der Waals surface area contributed by atoms with Crippen LogP contribution in [0.3, 0.4) is 0 Å². The van der Waals surface area contributed by atoms with Crippen LogP contribution in [0.4, 0.5) is 0 Å². The first-order chi connectivity index (χ1) is 12.7. The molecule has 0 atom stereocenters. The second kappa shape index (κ2) is 8.88. The number of rotatable bonds is 7. The van der Waals surface area contributed by atoms with Gasteiger partial charge in [-0.15, -0.1) is 0 Å². The Morgan fingerprint density at radius 2 is 1.78 bits per heavy atom. The van der Waals surface area contributed by atoms with E-state index in [1.54, 1.807) is 20.8 Å². The van der Waals surface area contributed by atoms with E-state index in [0.29, 0.717) is 17.3 Å². The van der Waals surface area contributed by atoms with Gasteiger partial charge < -0.3 is 15.0 Å². The van der Waals surface area contributed by atoms with Crippen LogP contribution in [0, 0.1) is 19.8 Å².